The van der Waals surface area contributed by atoms with Crippen molar-refractivity contribution in [1.82, 2.24) is 5.32 Å². The van der Waals surface area contributed by atoms with Gasteiger partial charge in [-0.05, 0) is 37.5 Å². The highest BCUT2D eigenvalue weighted by molar-refractivity contribution is 5.91. The van der Waals surface area contributed by atoms with Crippen molar-refractivity contribution >= 4 is 11.9 Å². The van der Waals surface area contributed by atoms with Gasteiger partial charge >= 0.3 is 5.97 Å². The normalized spacial score (nSPS) is 12.4. The molecule has 0 unspecified atom stereocenters. The number of methoxy groups -OCH3 is 2. The zero-order valence-electron chi connectivity index (χ0n) is 14.3. The largest absolute Gasteiger partial charge is 0.493 e. The summed E-state index contributed by atoms with van der Waals surface area (Å²) in [5.74, 6) is -0.247. The van der Waals surface area contributed by atoms with Crippen molar-refractivity contribution in [1.29, 1.82) is 0 Å². The second-order valence-electron chi connectivity index (χ2n) is 5.39. The number of amides is 1. The van der Waals surface area contributed by atoms with Gasteiger partial charge in [0.1, 0.15) is 6.04 Å². The minimum absolute atomic E-state index is 0.301. The number of ether oxygens (including phenoxy) is 2. The van der Waals surface area contributed by atoms with Gasteiger partial charge in [-0.15, -0.1) is 0 Å². The zero-order valence-corrected chi connectivity index (χ0v) is 14.3. The smallest absolute Gasteiger partial charge is 0.325 e. The molecule has 0 aliphatic carbocycles. The molecule has 6 nitrogen and oxygen atoms in total. The molecule has 1 aromatic carbocycles. The molecule has 1 rings (SSSR count). The number of carbonyl (C=O) groups excluding carboxylic acids is 1. The lowest BCUT2D eigenvalue weighted by molar-refractivity contribution is -0.142. The van der Waals surface area contributed by atoms with Crippen molar-refractivity contribution in [3.63, 3.8) is 0 Å². The second-order valence-corrected chi connectivity index (χ2v) is 5.39. The maximum atomic E-state index is 12.8. The predicted octanol–water partition coefficient (Wildman–Crippen LogP) is 2.35. The first-order chi connectivity index (χ1) is 10.9. The first kappa shape index (κ1) is 18.8. The molecule has 0 heterocycles. The van der Waals surface area contributed by atoms with Gasteiger partial charge in [-0.3, -0.25) is 9.59 Å². The van der Waals surface area contributed by atoms with Crippen LogP contribution in [-0.4, -0.2) is 37.2 Å². The van der Waals surface area contributed by atoms with Gasteiger partial charge in [0.2, 0.25) is 5.91 Å². The van der Waals surface area contributed by atoms with E-state index >= 15 is 0 Å². The highest BCUT2D eigenvalue weighted by atomic mass is 16.5. The van der Waals surface area contributed by atoms with E-state index in [9.17, 15) is 9.59 Å². The van der Waals surface area contributed by atoms with E-state index in [0.717, 1.165) is 5.56 Å². The molecular formula is C17H25NO5. The first-order valence-corrected chi connectivity index (χ1v) is 7.62. The first-order valence-electron chi connectivity index (χ1n) is 7.62. The van der Waals surface area contributed by atoms with Crippen LogP contribution in [0, 0.1) is 0 Å². The van der Waals surface area contributed by atoms with E-state index in [1.165, 1.54) is 14.0 Å². The van der Waals surface area contributed by atoms with Crippen molar-refractivity contribution in [3.8, 4) is 11.5 Å². The summed E-state index contributed by atoms with van der Waals surface area (Å²) in [6.45, 7) is 5.27. The van der Waals surface area contributed by atoms with Crippen molar-refractivity contribution in [2.24, 2.45) is 0 Å². The van der Waals surface area contributed by atoms with E-state index in [0.29, 0.717) is 24.3 Å². The Morgan fingerprint density at radius 3 is 2.17 bits per heavy atom. The lowest BCUT2D eigenvalue weighted by Crippen LogP contribution is -2.49. The molecule has 1 atom stereocenters. The Balaban J connectivity index is 3.28. The maximum absolute atomic E-state index is 12.8. The van der Waals surface area contributed by atoms with Gasteiger partial charge < -0.3 is 19.9 Å². The summed E-state index contributed by atoms with van der Waals surface area (Å²) in [7, 11) is 3.08. The minimum atomic E-state index is -1.06. The van der Waals surface area contributed by atoms with Gasteiger partial charge in [0, 0.05) is 0 Å². The van der Waals surface area contributed by atoms with Crippen LogP contribution in [0.1, 0.15) is 39.2 Å². The van der Waals surface area contributed by atoms with Crippen LogP contribution in [-0.2, 0) is 15.0 Å². The number of carboxylic acid groups (broad SMARTS) is 1. The van der Waals surface area contributed by atoms with E-state index in [-0.39, 0.29) is 5.91 Å². The number of rotatable bonds is 8. The minimum Gasteiger partial charge on any atom is -0.493 e. The molecule has 128 valence electrons. The predicted molar refractivity (Wildman–Crippen MR) is 87.0 cm³/mol. The second kappa shape index (κ2) is 7.85. The van der Waals surface area contributed by atoms with Crippen molar-refractivity contribution < 1.29 is 24.2 Å². The van der Waals surface area contributed by atoms with E-state index in [1.807, 2.05) is 19.9 Å². The number of aliphatic carboxylic acids is 1. The van der Waals surface area contributed by atoms with E-state index in [4.69, 9.17) is 14.6 Å². The van der Waals surface area contributed by atoms with Crippen molar-refractivity contribution in [2.45, 2.75) is 45.1 Å². The number of carboxylic acids is 1. The van der Waals surface area contributed by atoms with E-state index in [1.54, 1.807) is 19.2 Å². The number of hydrogen-bond donors (Lipinski definition) is 2. The van der Waals surface area contributed by atoms with Gasteiger partial charge in [-0.2, -0.15) is 0 Å². The molecule has 6 heteroatoms. The maximum Gasteiger partial charge on any atom is 0.325 e. The number of carbonyl (C=O) groups is 2. The number of nitrogens with one attached hydrogen (secondary N) is 1. The Labute approximate surface area is 136 Å². The van der Waals surface area contributed by atoms with Crippen LogP contribution in [0.5, 0.6) is 11.5 Å². The zero-order chi connectivity index (χ0) is 17.6. The van der Waals surface area contributed by atoms with Crippen LogP contribution >= 0.6 is 0 Å². The highest BCUT2D eigenvalue weighted by Crippen LogP contribution is 2.37. The summed E-state index contributed by atoms with van der Waals surface area (Å²) >= 11 is 0. The quantitative estimate of drug-likeness (QED) is 0.767. The fourth-order valence-corrected chi connectivity index (χ4v) is 2.64. The number of hydrogen-bond acceptors (Lipinski definition) is 4. The van der Waals surface area contributed by atoms with E-state index < -0.39 is 17.4 Å². The Kier molecular flexibility index (Phi) is 6.42. The average molecular weight is 323 g/mol. The third-order valence-electron chi connectivity index (χ3n) is 4.30. The third-order valence-corrected chi connectivity index (χ3v) is 4.30. The summed E-state index contributed by atoms with van der Waals surface area (Å²) in [5, 5.41) is 11.6. The summed E-state index contributed by atoms with van der Waals surface area (Å²) in [6, 6.07) is 4.40. The summed E-state index contributed by atoms with van der Waals surface area (Å²) in [6.07, 6.45) is 1.08. The standard InChI is InChI=1S/C17H25NO5/c1-6-17(7-2,16(21)18-11(3)15(19)20)12-8-9-13(22-4)14(10-12)23-5/h8-11H,6-7H2,1-5H3,(H,18,21)(H,19,20)/t11-/m1/s1. The molecule has 1 amide bonds. The number of benzene rings is 1. The highest BCUT2D eigenvalue weighted by Gasteiger charge is 2.38. The fraction of sp³-hybridized carbons (Fsp3) is 0.529. The van der Waals surface area contributed by atoms with Crippen LogP contribution in [0.4, 0.5) is 0 Å². The molecule has 0 fully saturated rings. The Bertz CT molecular complexity index is 566. The Morgan fingerprint density at radius 1 is 1.17 bits per heavy atom. The molecule has 2 N–H and O–H groups in total. The molecule has 0 saturated heterocycles. The van der Waals surface area contributed by atoms with Crippen LogP contribution < -0.4 is 14.8 Å². The van der Waals surface area contributed by atoms with Gasteiger partial charge in [0.05, 0.1) is 19.6 Å². The summed E-state index contributed by atoms with van der Waals surface area (Å²) < 4.78 is 10.5. The molecule has 0 aliphatic heterocycles. The molecule has 0 saturated carbocycles. The molecular weight excluding hydrogens is 298 g/mol. The lowest BCUT2D eigenvalue weighted by Gasteiger charge is -2.32. The SMILES string of the molecule is CCC(CC)(C(=O)N[C@H](C)C(=O)O)c1ccc(OC)c(OC)c1. The van der Waals surface area contributed by atoms with E-state index in [2.05, 4.69) is 5.32 Å². The molecule has 0 aliphatic rings. The monoisotopic (exact) mass is 323 g/mol. The topological polar surface area (TPSA) is 84.9 Å². The fourth-order valence-electron chi connectivity index (χ4n) is 2.64. The summed E-state index contributed by atoms with van der Waals surface area (Å²) in [4.78, 5) is 23.8. The van der Waals surface area contributed by atoms with Crippen LogP contribution in [0.15, 0.2) is 18.2 Å². The van der Waals surface area contributed by atoms with Gasteiger partial charge in [-0.25, -0.2) is 0 Å². The van der Waals surface area contributed by atoms with Gasteiger partial charge in [0.15, 0.2) is 11.5 Å². The Morgan fingerprint density at radius 2 is 1.74 bits per heavy atom. The average Bonchev–Trinajstić information content (AvgIpc) is 2.56. The molecule has 0 spiro atoms. The molecule has 0 aromatic heterocycles. The van der Waals surface area contributed by atoms with Gasteiger partial charge in [-0.1, -0.05) is 19.9 Å². The molecule has 0 bridgehead atoms. The Hall–Kier alpha value is -2.24. The lowest BCUT2D eigenvalue weighted by atomic mass is 9.74. The van der Waals surface area contributed by atoms with Gasteiger partial charge in [0.25, 0.3) is 0 Å². The summed E-state index contributed by atoms with van der Waals surface area (Å²) in [5.41, 5.74) is -0.0428. The van der Waals surface area contributed by atoms with Crippen LogP contribution in [0.3, 0.4) is 0 Å². The van der Waals surface area contributed by atoms with Crippen LogP contribution in [0.25, 0.3) is 0 Å². The molecule has 0 radical (unpaired) electrons. The van der Waals surface area contributed by atoms with Crippen molar-refractivity contribution in [2.75, 3.05) is 14.2 Å². The molecule has 1 aromatic rings. The molecule has 23 heavy (non-hydrogen) atoms. The third kappa shape index (κ3) is 3.75. The van der Waals surface area contributed by atoms with Crippen LogP contribution in [0.2, 0.25) is 0 Å². The van der Waals surface area contributed by atoms with Crippen molar-refractivity contribution in [3.05, 3.63) is 23.8 Å².